The molecule has 2 aromatic rings. The van der Waals surface area contributed by atoms with Gasteiger partial charge in [0.1, 0.15) is 24.0 Å². The molecule has 2 aromatic carbocycles. The molecular formula is C19H23F2N3O3S. The van der Waals surface area contributed by atoms with E-state index in [0.717, 1.165) is 12.3 Å². The van der Waals surface area contributed by atoms with Crippen LogP contribution in [0.1, 0.15) is 18.5 Å². The topological polar surface area (TPSA) is 79.8 Å². The Hall–Kier alpha value is -2.68. The highest BCUT2D eigenvalue weighted by Gasteiger charge is 2.13. The SMILES string of the molecule is CN=C(NCCOc1ccc(S(C)(=O)=O)cc1)NC(C)c1ccc(F)cc1F. The van der Waals surface area contributed by atoms with Gasteiger partial charge in [-0.3, -0.25) is 4.99 Å². The summed E-state index contributed by atoms with van der Waals surface area (Å²) in [5.41, 5.74) is 0.326. The molecule has 0 bridgehead atoms. The second kappa shape index (κ2) is 9.50. The van der Waals surface area contributed by atoms with Gasteiger partial charge in [-0.2, -0.15) is 0 Å². The van der Waals surface area contributed by atoms with Crippen molar-refractivity contribution in [2.45, 2.75) is 17.9 Å². The Bertz CT molecular complexity index is 932. The fourth-order valence-electron chi connectivity index (χ4n) is 2.45. The van der Waals surface area contributed by atoms with Crippen molar-refractivity contribution >= 4 is 15.8 Å². The highest BCUT2D eigenvalue weighted by molar-refractivity contribution is 7.90. The number of sulfone groups is 1. The average molecular weight is 411 g/mol. The van der Waals surface area contributed by atoms with E-state index in [1.807, 2.05) is 0 Å². The van der Waals surface area contributed by atoms with Gasteiger partial charge in [-0.25, -0.2) is 17.2 Å². The van der Waals surface area contributed by atoms with Gasteiger partial charge in [-0.1, -0.05) is 6.07 Å². The van der Waals surface area contributed by atoms with E-state index in [1.165, 1.54) is 24.3 Å². The Balaban J connectivity index is 1.82. The van der Waals surface area contributed by atoms with Gasteiger partial charge in [0.2, 0.25) is 0 Å². The summed E-state index contributed by atoms with van der Waals surface area (Å²) < 4.78 is 55.3. The third-order valence-corrected chi connectivity index (χ3v) is 5.05. The molecule has 1 unspecified atom stereocenters. The minimum atomic E-state index is -3.24. The minimum Gasteiger partial charge on any atom is -0.492 e. The standard InChI is InChI=1S/C19H23F2N3O3S/c1-13(17-9-4-14(20)12-18(17)21)24-19(22-2)23-10-11-27-15-5-7-16(8-6-15)28(3,25)26/h4-9,12-13H,10-11H2,1-3H3,(H2,22,23,24). The molecule has 6 nitrogen and oxygen atoms in total. The molecule has 0 aromatic heterocycles. The summed E-state index contributed by atoms with van der Waals surface area (Å²) in [5, 5.41) is 6.05. The lowest BCUT2D eigenvalue weighted by molar-refractivity contribution is 0.321. The van der Waals surface area contributed by atoms with E-state index < -0.39 is 27.5 Å². The first-order valence-corrected chi connectivity index (χ1v) is 10.4. The normalized spacial score (nSPS) is 13.1. The zero-order valence-electron chi connectivity index (χ0n) is 15.9. The van der Waals surface area contributed by atoms with Crippen LogP contribution in [0, 0.1) is 11.6 Å². The number of hydrogen-bond acceptors (Lipinski definition) is 4. The van der Waals surface area contributed by atoms with E-state index in [0.29, 0.717) is 30.4 Å². The summed E-state index contributed by atoms with van der Waals surface area (Å²) in [6.45, 7) is 2.45. The summed E-state index contributed by atoms with van der Waals surface area (Å²) in [5.74, 6) is -0.278. The second-order valence-corrected chi connectivity index (χ2v) is 8.14. The molecule has 9 heteroatoms. The molecule has 0 aliphatic heterocycles. The Morgan fingerprint density at radius 1 is 1.18 bits per heavy atom. The number of ether oxygens (including phenoxy) is 1. The lowest BCUT2D eigenvalue weighted by Gasteiger charge is -2.19. The van der Waals surface area contributed by atoms with Crippen LogP contribution in [0.5, 0.6) is 5.75 Å². The van der Waals surface area contributed by atoms with Crippen LogP contribution in [-0.4, -0.2) is 40.8 Å². The Morgan fingerprint density at radius 2 is 1.86 bits per heavy atom. The molecular weight excluding hydrogens is 388 g/mol. The molecule has 152 valence electrons. The van der Waals surface area contributed by atoms with Crippen molar-refractivity contribution in [3.63, 3.8) is 0 Å². The van der Waals surface area contributed by atoms with Crippen LogP contribution in [0.2, 0.25) is 0 Å². The van der Waals surface area contributed by atoms with E-state index in [2.05, 4.69) is 15.6 Å². The predicted octanol–water partition coefficient (Wildman–Crippen LogP) is 2.67. The smallest absolute Gasteiger partial charge is 0.191 e. The van der Waals surface area contributed by atoms with Crippen molar-refractivity contribution in [1.82, 2.24) is 10.6 Å². The first-order chi connectivity index (χ1) is 13.2. The van der Waals surface area contributed by atoms with Gasteiger partial charge in [-0.05, 0) is 37.3 Å². The van der Waals surface area contributed by atoms with Gasteiger partial charge in [0.25, 0.3) is 0 Å². The number of guanidine groups is 1. The van der Waals surface area contributed by atoms with E-state index in [-0.39, 0.29) is 4.90 Å². The lowest BCUT2D eigenvalue weighted by atomic mass is 10.1. The molecule has 0 aliphatic rings. The van der Waals surface area contributed by atoms with Crippen molar-refractivity contribution in [2.24, 2.45) is 4.99 Å². The zero-order valence-corrected chi connectivity index (χ0v) is 16.7. The van der Waals surface area contributed by atoms with Crippen LogP contribution in [-0.2, 0) is 9.84 Å². The van der Waals surface area contributed by atoms with E-state index in [4.69, 9.17) is 4.74 Å². The molecule has 0 saturated heterocycles. The van der Waals surface area contributed by atoms with Crippen LogP contribution < -0.4 is 15.4 Å². The van der Waals surface area contributed by atoms with Crippen LogP contribution in [0.3, 0.4) is 0 Å². The Morgan fingerprint density at radius 3 is 2.43 bits per heavy atom. The molecule has 2 rings (SSSR count). The monoisotopic (exact) mass is 411 g/mol. The molecule has 0 fully saturated rings. The number of nitrogens with one attached hydrogen (secondary N) is 2. The number of aliphatic imine (C=N–C) groups is 1. The van der Waals surface area contributed by atoms with Crippen LogP contribution in [0.25, 0.3) is 0 Å². The van der Waals surface area contributed by atoms with E-state index >= 15 is 0 Å². The maximum Gasteiger partial charge on any atom is 0.191 e. The number of benzene rings is 2. The largest absolute Gasteiger partial charge is 0.492 e. The van der Waals surface area contributed by atoms with Crippen molar-refractivity contribution in [2.75, 3.05) is 26.5 Å². The first-order valence-electron chi connectivity index (χ1n) is 8.55. The van der Waals surface area contributed by atoms with Gasteiger partial charge in [0.05, 0.1) is 17.5 Å². The third kappa shape index (κ3) is 6.19. The Kier molecular flexibility index (Phi) is 7.33. The van der Waals surface area contributed by atoms with Gasteiger partial charge in [-0.15, -0.1) is 0 Å². The second-order valence-electron chi connectivity index (χ2n) is 6.12. The highest BCUT2D eigenvalue weighted by atomic mass is 32.2. The molecule has 0 saturated carbocycles. The minimum absolute atomic E-state index is 0.226. The quantitative estimate of drug-likeness (QED) is 0.416. The number of nitrogens with zero attached hydrogens (tertiary/aromatic N) is 1. The third-order valence-electron chi connectivity index (χ3n) is 3.92. The summed E-state index contributed by atoms with van der Waals surface area (Å²) >= 11 is 0. The van der Waals surface area contributed by atoms with Crippen molar-refractivity contribution in [3.8, 4) is 5.75 Å². The highest BCUT2D eigenvalue weighted by Crippen LogP contribution is 2.18. The molecule has 0 aliphatic carbocycles. The maximum absolute atomic E-state index is 13.9. The average Bonchev–Trinajstić information content (AvgIpc) is 2.63. The lowest BCUT2D eigenvalue weighted by Crippen LogP contribution is -2.40. The summed E-state index contributed by atoms with van der Waals surface area (Å²) in [6, 6.07) is 9.15. The molecule has 0 radical (unpaired) electrons. The predicted molar refractivity (Wildman–Crippen MR) is 104 cm³/mol. The molecule has 1 atom stereocenters. The number of hydrogen-bond donors (Lipinski definition) is 2. The Labute approximate surface area is 163 Å². The van der Waals surface area contributed by atoms with Crippen LogP contribution >= 0.6 is 0 Å². The summed E-state index contributed by atoms with van der Waals surface area (Å²) in [7, 11) is -1.66. The molecule has 2 N–H and O–H groups in total. The van der Waals surface area contributed by atoms with E-state index in [1.54, 1.807) is 26.1 Å². The van der Waals surface area contributed by atoms with Crippen LogP contribution in [0.4, 0.5) is 8.78 Å². The summed E-state index contributed by atoms with van der Waals surface area (Å²) in [6.07, 6.45) is 1.14. The van der Waals surface area contributed by atoms with Gasteiger partial charge in [0, 0.05) is 24.9 Å². The van der Waals surface area contributed by atoms with E-state index in [9.17, 15) is 17.2 Å². The molecule has 0 spiro atoms. The van der Waals surface area contributed by atoms with Crippen molar-refractivity contribution < 1.29 is 21.9 Å². The fraction of sp³-hybridized carbons (Fsp3) is 0.316. The van der Waals surface area contributed by atoms with Crippen molar-refractivity contribution in [1.29, 1.82) is 0 Å². The first kappa shape index (κ1) is 21.6. The molecule has 0 heterocycles. The number of halogens is 2. The summed E-state index contributed by atoms with van der Waals surface area (Å²) in [4.78, 5) is 4.29. The number of rotatable bonds is 7. The van der Waals surface area contributed by atoms with Crippen LogP contribution in [0.15, 0.2) is 52.4 Å². The zero-order chi connectivity index (χ0) is 20.7. The van der Waals surface area contributed by atoms with Gasteiger partial charge >= 0.3 is 0 Å². The van der Waals surface area contributed by atoms with Gasteiger partial charge < -0.3 is 15.4 Å². The van der Waals surface area contributed by atoms with Crippen molar-refractivity contribution in [3.05, 3.63) is 59.7 Å². The molecule has 0 amide bonds. The molecule has 28 heavy (non-hydrogen) atoms. The maximum atomic E-state index is 13.9. The van der Waals surface area contributed by atoms with Gasteiger partial charge in [0.15, 0.2) is 15.8 Å². The fourth-order valence-corrected chi connectivity index (χ4v) is 3.08.